The molecule has 2 aromatic carbocycles. The van der Waals surface area contributed by atoms with Crippen molar-refractivity contribution in [1.29, 1.82) is 0 Å². The van der Waals surface area contributed by atoms with Crippen LogP contribution in [0.15, 0.2) is 72.5 Å². The summed E-state index contributed by atoms with van der Waals surface area (Å²) in [5, 5.41) is 4.66. The molecule has 176 valence electrons. The first-order valence-corrected chi connectivity index (χ1v) is 10.6. The van der Waals surface area contributed by atoms with Crippen molar-refractivity contribution >= 4 is 17.2 Å². The Bertz CT molecular complexity index is 1260. The molecule has 0 aliphatic heterocycles. The van der Waals surface area contributed by atoms with Gasteiger partial charge in [-0.05, 0) is 52.9 Å². The third-order valence-corrected chi connectivity index (χ3v) is 5.82. The highest BCUT2D eigenvalue weighted by molar-refractivity contribution is 7.09. The second-order valence-corrected chi connectivity index (χ2v) is 8.28. The van der Waals surface area contributed by atoms with Crippen molar-refractivity contribution in [2.45, 2.75) is 18.9 Å². The SMILES string of the molecule is O=C(NCc1cccs1)c1cncn1-c1ccc(-c2cc(C(F)(F)F)cc(C(F)(F)F)c2)cc1. The largest absolute Gasteiger partial charge is 0.416 e. The Morgan fingerprint density at radius 3 is 2.12 bits per heavy atom. The first kappa shape index (κ1) is 23.6. The normalized spacial score (nSPS) is 12.1. The lowest BCUT2D eigenvalue weighted by atomic mass is 9.99. The summed E-state index contributed by atoms with van der Waals surface area (Å²) in [7, 11) is 0. The van der Waals surface area contributed by atoms with E-state index in [9.17, 15) is 31.1 Å². The molecule has 1 amide bonds. The fraction of sp³-hybridized carbons (Fsp3) is 0.130. The molecule has 2 heterocycles. The van der Waals surface area contributed by atoms with E-state index in [4.69, 9.17) is 0 Å². The standard InChI is InChI=1S/C23H15F6N3OS/c24-22(25,26)16-8-15(9-17(10-16)23(27,28)29)14-3-5-18(6-4-14)32-13-30-12-20(32)21(33)31-11-19-2-1-7-34-19/h1-10,12-13H,11H2,(H,31,33). The zero-order valence-corrected chi connectivity index (χ0v) is 17.9. The van der Waals surface area contributed by atoms with Crippen LogP contribution in [0, 0.1) is 0 Å². The molecule has 2 aromatic heterocycles. The molecule has 4 nitrogen and oxygen atoms in total. The van der Waals surface area contributed by atoms with Crippen molar-refractivity contribution in [2.75, 3.05) is 0 Å². The Labute approximate surface area is 193 Å². The van der Waals surface area contributed by atoms with E-state index in [2.05, 4.69) is 10.3 Å². The van der Waals surface area contributed by atoms with E-state index in [1.807, 2.05) is 17.5 Å². The number of halogens is 6. The fourth-order valence-electron chi connectivity index (χ4n) is 3.28. The van der Waals surface area contributed by atoms with Gasteiger partial charge in [0, 0.05) is 10.6 Å². The number of amides is 1. The van der Waals surface area contributed by atoms with E-state index in [-0.39, 0.29) is 28.8 Å². The van der Waals surface area contributed by atoms with Crippen LogP contribution in [-0.4, -0.2) is 15.5 Å². The number of thiophene rings is 1. The van der Waals surface area contributed by atoms with Gasteiger partial charge in [-0.1, -0.05) is 18.2 Å². The van der Waals surface area contributed by atoms with Crippen LogP contribution in [0.2, 0.25) is 0 Å². The highest BCUT2D eigenvalue weighted by Gasteiger charge is 2.37. The summed E-state index contributed by atoms with van der Waals surface area (Å²) < 4.78 is 80.4. The smallest absolute Gasteiger partial charge is 0.346 e. The predicted molar refractivity (Wildman–Crippen MR) is 114 cm³/mol. The molecule has 0 saturated heterocycles. The van der Waals surface area contributed by atoms with Crippen LogP contribution in [-0.2, 0) is 18.9 Å². The Kier molecular flexibility index (Phi) is 6.22. The van der Waals surface area contributed by atoms with Gasteiger partial charge in [0.05, 0.1) is 30.2 Å². The third kappa shape index (κ3) is 5.14. The second-order valence-electron chi connectivity index (χ2n) is 7.25. The highest BCUT2D eigenvalue weighted by Crippen LogP contribution is 2.38. The summed E-state index contributed by atoms with van der Waals surface area (Å²) in [6, 6.07) is 10.9. The number of hydrogen-bond donors (Lipinski definition) is 1. The van der Waals surface area contributed by atoms with Gasteiger partial charge in [-0.3, -0.25) is 9.36 Å². The Balaban J connectivity index is 1.61. The Morgan fingerprint density at radius 2 is 1.56 bits per heavy atom. The summed E-state index contributed by atoms with van der Waals surface area (Å²) in [6.07, 6.45) is -7.11. The van der Waals surface area contributed by atoms with Gasteiger partial charge in [0.1, 0.15) is 5.69 Å². The molecule has 0 aliphatic carbocycles. The van der Waals surface area contributed by atoms with Crippen molar-refractivity contribution in [3.05, 3.63) is 94.2 Å². The fourth-order valence-corrected chi connectivity index (χ4v) is 3.92. The lowest BCUT2D eigenvalue weighted by molar-refractivity contribution is -0.143. The zero-order valence-electron chi connectivity index (χ0n) is 17.1. The van der Waals surface area contributed by atoms with Crippen LogP contribution < -0.4 is 5.32 Å². The Morgan fingerprint density at radius 1 is 0.912 bits per heavy atom. The maximum atomic E-state index is 13.2. The van der Waals surface area contributed by atoms with Gasteiger partial charge in [-0.25, -0.2) is 4.98 Å². The monoisotopic (exact) mass is 495 g/mol. The van der Waals surface area contributed by atoms with E-state index in [1.165, 1.54) is 52.7 Å². The number of nitrogens with one attached hydrogen (secondary N) is 1. The average Bonchev–Trinajstić information content (AvgIpc) is 3.48. The number of benzene rings is 2. The first-order chi connectivity index (χ1) is 16.0. The zero-order chi connectivity index (χ0) is 24.5. The molecular formula is C23H15F6N3OS. The molecule has 4 aromatic rings. The first-order valence-electron chi connectivity index (χ1n) is 9.75. The van der Waals surface area contributed by atoms with E-state index in [1.54, 1.807) is 0 Å². The second kappa shape index (κ2) is 8.98. The molecule has 0 radical (unpaired) electrons. The minimum Gasteiger partial charge on any atom is -0.346 e. The molecule has 0 aliphatic rings. The molecule has 0 bridgehead atoms. The van der Waals surface area contributed by atoms with Gasteiger partial charge in [0.2, 0.25) is 0 Å². The maximum Gasteiger partial charge on any atom is 0.416 e. The van der Waals surface area contributed by atoms with Crippen LogP contribution in [0.5, 0.6) is 0 Å². The van der Waals surface area contributed by atoms with Gasteiger partial charge in [-0.2, -0.15) is 26.3 Å². The van der Waals surface area contributed by atoms with Crippen molar-refractivity contribution in [3.8, 4) is 16.8 Å². The van der Waals surface area contributed by atoms with E-state index < -0.39 is 23.5 Å². The van der Waals surface area contributed by atoms with E-state index in [0.717, 1.165) is 4.88 Å². The molecule has 4 rings (SSSR count). The van der Waals surface area contributed by atoms with Crippen LogP contribution in [0.1, 0.15) is 26.5 Å². The highest BCUT2D eigenvalue weighted by atomic mass is 32.1. The number of carbonyl (C=O) groups is 1. The quantitative estimate of drug-likeness (QED) is 0.319. The van der Waals surface area contributed by atoms with Crippen molar-refractivity contribution in [1.82, 2.24) is 14.9 Å². The molecule has 0 atom stereocenters. The topological polar surface area (TPSA) is 46.9 Å². The molecule has 1 N–H and O–H groups in total. The van der Waals surface area contributed by atoms with Crippen molar-refractivity contribution in [3.63, 3.8) is 0 Å². The van der Waals surface area contributed by atoms with Gasteiger partial charge < -0.3 is 5.32 Å². The lowest BCUT2D eigenvalue weighted by Gasteiger charge is -2.15. The van der Waals surface area contributed by atoms with Crippen molar-refractivity contribution in [2.24, 2.45) is 0 Å². The third-order valence-electron chi connectivity index (χ3n) is 4.94. The van der Waals surface area contributed by atoms with Gasteiger partial charge in [-0.15, -0.1) is 11.3 Å². The van der Waals surface area contributed by atoms with Crippen molar-refractivity contribution < 1.29 is 31.1 Å². The predicted octanol–water partition coefficient (Wildman–Crippen LogP) is 6.57. The van der Waals surface area contributed by atoms with Crippen LogP contribution in [0.3, 0.4) is 0 Å². The molecule has 0 saturated carbocycles. The summed E-state index contributed by atoms with van der Waals surface area (Å²) in [5.41, 5.74) is -2.16. The van der Waals surface area contributed by atoms with Crippen LogP contribution in [0.25, 0.3) is 16.8 Å². The maximum absolute atomic E-state index is 13.2. The van der Waals surface area contributed by atoms with Gasteiger partial charge >= 0.3 is 12.4 Å². The molecule has 0 unspecified atom stereocenters. The number of aromatic nitrogens is 2. The van der Waals surface area contributed by atoms with Crippen LogP contribution in [0.4, 0.5) is 26.3 Å². The van der Waals surface area contributed by atoms with Gasteiger partial charge in [0.25, 0.3) is 5.91 Å². The number of imidazole rings is 1. The van der Waals surface area contributed by atoms with Gasteiger partial charge in [0.15, 0.2) is 0 Å². The van der Waals surface area contributed by atoms with E-state index in [0.29, 0.717) is 24.4 Å². The minimum atomic E-state index is -4.93. The molecule has 34 heavy (non-hydrogen) atoms. The van der Waals surface area contributed by atoms with E-state index >= 15 is 0 Å². The number of hydrogen-bond acceptors (Lipinski definition) is 3. The summed E-state index contributed by atoms with van der Waals surface area (Å²) >= 11 is 1.49. The molecule has 0 spiro atoms. The summed E-state index contributed by atoms with van der Waals surface area (Å²) in [6.45, 7) is 0.331. The average molecular weight is 495 g/mol. The number of carbonyl (C=O) groups excluding carboxylic acids is 1. The summed E-state index contributed by atoms with van der Waals surface area (Å²) in [4.78, 5) is 17.5. The minimum absolute atomic E-state index is 0.0877. The summed E-state index contributed by atoms with van der Waals surface area (Å²) in [5.74, 6) is -0.386. The number of rotatable bonds is 5. The number of alkyl halides is 6. The molecule has 0 fully saturated rings. The molecular weight excluding hydrogens is 480 g/mol. The van der Waals surface area contributed by atoms with Crippen LogP contribution >= 0.6 is 11.3 Å². The lowest BCUT2D eigenvalue weighted by Crippen LogP contribution is -2.24. The number of nitrogens with zero attached hydrogens (tertiary/aromatic N) is 2. The molecule has 11 heteroatoms. The Hall–Kier alpha value is -3.60.